The van der Waals surface area contributed by atoms with Crippen LogP contribution in [-0.4, -0.2) is 26.3 Å². The van der Waals surface area contributed by atoms with Crippen molar-refractivity contribution in [2.24, 2.45) is 5.92 Å². The van der Waals surface area contributed by atoms with Gasteiger partial charge >= 0.3 is 0 Å². The highest BCUT2D eigenvalue weighted by molar-refractivity contribution is 4.74. The third-order valence-electron chi connectivity index (χ3n) is 2.45. The normalized spacial score (nSPS) is 16.4. The molecule has 2 nitrogen and oxygen atoms in total. The van der Waals surface area contributed by atoms with Crippen LogP contribution in [0.25, 0.3) is 0 Å². The molecule has 1 aliphatic carbocycles. The van der Waals surface area contributed by atoms with E-state index in [2.05, 4.69) is 12.2 Å². The number of unbranched alkanes of at least 4 members (excludes halogenated alkanes) is 2. The minimum absolute atomic E-state index is 0.885. The van der Waals surface area contributed by atoms with Crippen molar-refractivity contribution in [1.29, 1.82) is 0 Å². The fourth-order valence-corrected chi connectivity index (χ4v) is 1.33. The van der Waals surface area contributed by atoms with E-state index in [-0.39, 0.29) is 0 Å². The average molecular weight is 185 g/mol. The monoisotopic (exact) mass is 185 g/mol. The standard InChI is InChI=1S/C11H23NO/c1-2-3-4-8-13-9-7-12-10-11-5-6-11/h11-12H,2-10H2,1H3. The maximum atomic E-state index is 5.48. The predicted octanol–water partition coefficient (Wildman–Crippen LogP) is 2.19. The maximum Gasteiger partial charge on any atom is 0.0590 e. The minimum atomic E-state index is 0.885. The van der Waals surface area contributed by atoms with Gasteiger partial charge < -0.3 is 10.1 Å². The van der Waals surface area contributed by atoms with Gasteiger partial charge in [-0.1, -0.05) is 19.8 Å². The van der Waals surface area contributed by atoms with Gasteiger partial charge in [-0.3, -0.25) is 0 Å². The number of hydrogen-bond acceptors (Lipinski definition) is 2. The molecule has 1 N–H and O–H groups in total. The van der Waals surface area contributed by atoms with Crippen molar-refractivity contribution in [1.82, 2.24) is 5.32 Å². The van der Waals surface area contributed by atoms with Crippen molar-refractivity contribution in [3.8, 4) is 0 Å². The second kappa shape index (κ2) is 7.34. The van der Waals surface area contributed by atoms with E-state index in [9.17, 15) is 0 Å². The van der Waals surface area contributed by atoms with Gasteiger partial charge in [0.25, 0.3) is 0 Å². The average Bonchev–Trinajstić information content (AvgIpc) is 2.93. The summed E-state index contributed by atoms with van der Waals surface area (Å²) in [4.78, 5) is 0. The second-order valence-corrected chi connectivity index (χ2v) is 3.97. The first kappa shape index (κ1) is 11.0. The highest BCUT2D eigenvalue weighted by Crippen LogP contribution is 2.27. The number of rotatable bonds is 9. The van der Waals surface area contributed by atoms with Crippen molar-refractivity contribution in [3.05, 3.63) is 0 Å². The van der Waals surface area contributed by atoms with Crippen LogP contribution in [-0.2, 0) is 4.74 Å². The van der Waals surface area contributed by atoms with Gasteiger partial charge in [-0.15, -0.1) is 0 Å². The molecule has 1 rings (SSSR count). The Hall–Kier alpha value is -0.0800. The molecule has 0 radical (unpaired) electrons. The Labute approximate surface area is 82.0 Å². The SMILES string of the molecule is CCCCCOCCNCC1CC1. The van der Waals surface area contributed by atoms with Crippen molar-refractivity contribution >= 4 is 0 Å². The molecule has 0 aromatic heterocycles. The number of hydrogen-bond donors (Lipinski definition) is 1. The molecule has 1 saturated carbocycles. The maximum absolute atomic E-state index is 5.48. The van der Waals surface area contributed by atoms with Gasteiger partial charge in [0.05, 0.1) is 6.61 Å². The molecule has 0 bridgehead atoms. The van der Waals surface area contributed by atoms with Crippen LogP contribution in [0.4, 0.5) is 0 Å². The second-order valence-electron chi connectivity index (χ2n) is 3.97. The Kier molecular flexibility index (Phi) is 6.21. The number of nitrogens with one attached hydrogen (secondary N) is 1. The van der Waals surface area contributed by atoms with Crippen LogP contribution in [0.2, 0.25) is 0 Å². The summed E-state index contributed by atoms with van der Waals surface area (Å²) in [6, 6.07) is 0. The van der Waals surface area contributed by atoms with Crippen LogP contribution >= 0.6 is 0 Å². The van der Waals surface area contributed by atoms with Crippen LogP contribution in [0.15, 0.2) is 0 Å². The number of ether oxygens (including phenoxy) is 1. The predicted molar refractivity (Wildman–Crippen MR) is 55.9 cm³/mol. The van der Waals surface area contributed by atoms with E-state index in [4.69, 9.17) is 4.74 Å². The lowest BCUT2D eigenvalue weighted by Gasteiger charge is -2.04. The van der Waals surface area contributed by atoms with Gasteiger partial charge in [-0.2, -0.15) is 0 Å². The molecule has 13 heavy (non-hydrogen) atoms. The Bertz CT molecular complexity index is 113. The lowest BCUT2D eigenvalue weighted by molar-refractivity contribution is 0.132. The lowest BCUT2D eigenvalue weighted by atomic mass is 10.3. The molecule has 0 amide bonds. The summed E-state index contributed by atoms with van der Waals surface area (Å²) in [5.74, 6) is 0.986. The molecule has 0 unspecified atom stereocenters. The van der Waals surface area contributed by atoms with Crippen molar-refractivity contribution in [2.75, 3.05) is 26.3 Å². The lowest BCUT2D eigenvalue weighted by Crippen LogP contribution is -2.22. The molecule has 0 atom stereocenters. The molecule has 2 heteroatoms. The van der Waals surface area contributed by atoms with Gasteiger partial charge in [-0.05, 0) is 31.7 Å². The van der Waals surface area contributed by atoms with Crippen molar-refractivity contribution < 1.29 is 4.74 Å². The summed E-state index contributed by atoms with van der Waals surface area (Å²) in [7, 11) is 0. The fraction of sp³-hybridized carbons (Fsp3) is 1.00. The van der Waals surface area contributed by atoms with Crippen LogP contribution in [0.1, 0.15) is 39.0 Å². The first-order chi connectivity index (χ1) is 6.43. The Balaban J connectivity index is 1.63. The molecular weight excluding hydrogens is 162 g/mol. The molecule has 1 fully saturated rings. The van der Waals surface area contributed by atoms with Crippen LogP contribution < -0.4 is 5.32 Å². The van der Waals surface area contributed by atoms with Crippen molar-refractivity contribution in [2.45, 2.75) is 39.0 Å². The summed E-state index contributed by atoms with van der Waals surface area (Å²) in [6.45, 7) is 6.29. The van der Waals surface area contributed by atoms with Crippen molar-refractivity contribution in [3.63, 3.8) is 0 Å². The molecule has 0 spiro atoms. The van der Waals surface area contributed by atoms with E-state index in [0.717, 1.165) is 25.7 Å². The van der Waals surface area contributed by atoms with E-state index >= 15 is 0 Å². The third-order valence-corrected chi connectivity index (χ3v) is 2.45. The molecule has 0 aliphatic heterocycles. The van der Waals surface area contributed by atoms with E-state index < -0.39 is 0 Å². The first-order valence-corrected chi connectivity index (χ1v) is 5.72. The molecule has 78 valence electrons. The van der Waals surface area contributed by atoms with Gasteiger partial charge in [0.15, 0.2) is 0 Å². The van der Waals surface area contributed by atoms with E-state index in [1.807, 2.05) is 0 Å². The van der Waals surface area contributed by atoms with E-state index in [1.54, 1.807) is 0 Å². The Morgan fingerprint density at radius 3 is 2.77 bits per heavy atom. The van der Waals surface area contributed by atoms with Gasteiger partial charge in [-0.25, -0.2) is 0 Å². The fourth-order valence-electron chi connectivity index (χ4n) is 1.33. The zero-order valence-corrected chi connectivity index (χ0v) is 8.85. The minimum Gasteiger partial charge on any atom is -0.380 e. The zero-order valence-electron chi connectivity index (χ0n) is 8.85. The molecule has 0 aromatic carbocycles. The largest absolute Gasteiger partial charge is 0.380 e. The highest BCUT2D eigenvalue weighted by atomic mass is 16.5. The Morgan fingerprint density at radius 2 is 2.08 bits per heavy atom. The summed E-state index contributed by atoms with van der Waals surface area (Å²) >= 11 is 0. The summed E-state index contributed by atoms with van der Waals surface area (Å²) in [6.07, 6.45) is 6.67. The molecular formula is C11H23NO. The molecule has 0 heterocycles. The highest BCUT2D eigenvalue weighted by Gasteiger charge is 2.19. The van der Waals surface area contributed by atoms with Gasteiger partial charge in [0, 0.05) is 13.2 Å². The van der Waals surface area contributed by atoms with Crippen LogP contribution in [0.5, 0.6) is 0 Å². The first-order valence-electron chi connectivity index (χ1n) is 5.72. The van der Waals surface area contributed by atoms with Gasteiger partial charge in [0.1, 0.15) is 0 Å². The quantitative estimate of drug-likeness (QED) is 0.556. The molecule has 0 saturated heterocycles. The molecule has 1 aliphatic rings. The van der Waals surface area contributed by atoms with Gasteiger partial charge in [0.2, 0.25) is 0 Å². The van der Waals surface area contributed by atoms with Crippen LogP contribution in [0, 0.1) is 5.92 Å². The van der Waals surface area contributed by atoms with E-state index in [0.29, 0.717) is 0 Å². The van der Waals surface area contributed by atoms with E-state index in [1.165, 1.54) is 38.6 Å². The topological polar surface area (TPSA) is 21.3 Å². The Morgan fingerprint density at radius 1 is 1.23 bits per heavy atom. The van der Waals surface area contributed by atoms with Crippen LogP contribution in [0.3, 0.4) is 0 Å². The summed E-state index contributed by atoms with van der Waals surface area (Å²) in [5, 5.41) is 3.41. The smallest absolute Gasteiger partial charge is 0.0590 e. The summed E-state index contributed by atoms with van der Waals surface area (Å²) < 4.78 is 5.48. The molecule has 0 aromatic rings. The summed E-state index contributed by atoms with van der Waals surface area (Å²) in [5.41, 5.74) is 0. The zero-order chi connectivity index (χ0) is 9.36. The third kappa shape index (κ3) is 7.03.